The molecule has 26 heavy (non-hydrogen) atoms. The number of para-hydroxylation sites is 1. The molecule has 0 saturated carbocycles. The predicted molar refractivity (Wildman–Crippen MR) is 112 cm³/mol. The Morgan fingerprint density at radius 2 is 1.77 bits per heavy atom. The van der Waals surface area contributed by atoms with Gasteiger partial charge in [0.05, 0.1) is 11.4 Å². The molecule has 0 fully saturated rings. The summed E-state index contributed by atoms with van der Waals surface area (Å²) >= 11 is 8.26. The molecule has 3 rings (SSSR count). The fourth-order valence-corrected chi connectivity index (χ4v) is 4.67. The minimum absolute atomic E-state index is 0.0855. The van der Waals surface area contributed by atoms with Crippen LogP contribution in [-0.2, 0) is 5.41 Å². The Hall–Kier alpha value is -1.76. The first-order chi connectivity index (χ1) is 12.3. The zero-order valence-electron chi connectivity index (χ0n) is 14.9. The molecule has 3 aromatic rings. The van der Waals surface area contributed by atoms with Crippen molar-refractivity contribution in [3.05, 3.63) is 69.7 Å². The van der Waals surface area contributed by atoms with Gasteiger partial charge in [-0.1, -0.05) is 86.3 Å². The van der Waals surface area contributed by atoms with E-state index in [1.54, 1.807) is 4.68 Å². The second-order valence-electron chi connectivity index (χ2n) is 6.92. The highest BCUT2D eigenvalue weighted by atomic mass is 32.2. The lowest BCUT2D eigenvalue weighted by atomic mass is 9.86. The summed E-state index contributed by atoms with van der Waals surface area (Å²) in [4.78, 5) is 12.5. The number of benzene rings is 2. The Labute approximate surface area is 167 Å². The second-order valence-corrected chi connectivity index (χ2v) is 9.77. The Bertz CT molecular complexity index is 951. The van der Waals surface area contributed by atoms with Gasteiger partial charge in [0.25, 0.3) is 0 Å². The van der Waals surface area contributed by atoms with Crippen LogP contribution in [0.15, 0.2) is 58.9 Å². The van der Waals surface area contributed by atoms with E-state index in [0.717, 1.165) is 15.6 Å². The molecule has 0 aliphatic heterocycles. The average molecular weight is 401 g/mol. The summed E-state index contributed by atoms with van der Waals surface area (Å²) in [6, 6.07) is 17.7. The van der Waals surface area contributed by atoms with Crippen LogP contribution in [0.4, 0.5) is 0 Å². The van der Waals surface area contributed by atoms with Crippen molar-refractivity contribution in [2.24, 2.45) is 0 Å². The van der Waals surface area contributed by atoms with E-state index in [1.165, 1.54) is 28.7 Å². The van der Waals surface area contributed by atoms with Gasteiger partial charge < -0.3 is 0 Å². The predicted octanol–water partition coefficient (Wildman–Crippen LogP) is 5.94. The van der Waals surface area contributed by atoms with Crippen LogP contribution < -0.4 is 0 Å². The van der Waals surface area contributed by atoms with Crippen LogP contribution in [0.3, 0.4) is 0 Å². The normalized spacial score (nSPS) is 11.5. The Morgan fingerprint density at radius 3 is 2.38 bits per heavy atom. The molecule has 1 heterocycles. The lowest BCUT2D eigenvalue weighted by Gasteiger charge is -2.18. The van der Waals surface area contributed by atoms with Gasteiger partial charge in [0.2, 0.25) is 0 Å². The summed E-state index contributed by atoms with van der Waals surface area (Å²) < 4.78 is 3.23. The van der Waals surface area contributed by atoms with Gasteiger partial charge in [-0.15, -0.1) is 5.10 Å². The van der Waals surface area contributed by atoms with Gasteiger partial charge in [-0.05, 0) is 35.3 Å². The molecule has 3 nitrogen and oxygen atoms in total. The van der Waals surface area contributed by atoms with E-state index in [9.17, 15) is 4.79 Å². The smallest absolute Gasteiger partial charge is 0.184 e. The quantitative estimate of drug-likeness (QED) is 0.302. The molecule has 0 unspecified atom stereocenters. The van der Waals surface area contributed by atoms with Crippen molar-refractivity contribution in [2.45, 2.75) is 30.5 Å². The van der Waals surface area contributed by atoms with Gasteiger partial charge in [-0.25, -0.2) is 4.68 Å². The third-order valence-corrected chi connectivity index (χ3v) is 6.30. The molecule has 0 aliphatic carbocycles. The number of rotatable bonds is 5. The van der Waals surface area contributed by atoms with Crippen molar-refractivity contribution in [3.63, 3.8) is 0 Å². The van der Waals surface area contributed by atoms with E-state index in [4.69, 9.17) is 12.2 Å². The fraction of sp³-hybridized carbons (Fsp3) is 0.250. The van der Waals surface area contributed by atoms with Crippen LogP contribution in [-0.4, -0.2) is 21.3 Å². The Kier molecular flexibility index (Phi) is 5.75. The number of carbonyl (C=O) groups excluding carboxylic acids is 1. The molecule has 0 radical (unpaired) electrons. The third-order valence-electron chi connectivity index (χ3n) is 3.93. The van der Waals surface area contributed by atoms with Crippen molar-refractivity contribution < 1.29 is 4.79 Å². The molecular weight excluding hydrogens is 380 g/mol. The van der Waals surface area contributed by atoms with E-state index < -0.39 is 0 Å². The van der Waals surface area contributed by atoms with Crippen LogP contribution in [0.2, 0.25) is 0 Å². The number of hydrogen-bond acceptors (Lipinski definition) is 5. The highest BCUT2D eigenvalue weighted by Gasteiger charge is 2.15. The highest BCUT2D eigenvalue weighted by molar-refractivity contribution is 8.01. The number of aromatic nitrogens is 2. The van der Waals surface area contributed by atoms with Crippen LogP contribution in [0.25, 0.3) is 5.69 Å². The third kappa shape index (κ3) is 4.50. The van der Waals surface area contributed by atoms with E-state index in [-0.39, 0.29) is 11.2 Å². The lowest BCUT2D eigenvalue weighted by molar-refractivity contribution is 0.102. The van der Waals surface area contributed by atoms with Gasteiger partial charge in [-0.2, -0.15) is 0 Å². The Balaban J connectivity index is 1.68. The standard InChI is InChI=1S/C20H20N2OS3/c1-20(2,3)15-11-9-14(10-12-15)17(23)13-25-18-21-22(19(24)26-18)16-7-5-4-6-8-16/h4-12H,13H2,1-3H3. The summed E-state index contributed by atoms with van der Waals surface area (Å²) in [6.45, 7) is 6.49. The van der Waals surface area contributed by atoms with Crippen LogP contribution in [0, 0.1) is 3.95 Å². The highest BCUT2D eigenvalue weighted by Crippen LogP contribution is 2.26. The first kappa shape index (κ1) is 19.0. The van der Waals surface area contributed by atoms with Gasteiger partial charge in [0, 0.05) is 5.56 Å². The zero-order chi connectivity index (χ0) is 18.7. The van der Waals surface area contributed by atoms with Crippen molar-refractivity contribution in [2.75, 3.05) is 5.75 Å². The molecule has 2 aromatic carbocycles. The topological polar surface area (TPSA) is 34.9 Å². The van der Waals surface area contributed by atoms with Crippen molar-refractivity contribution in [1.29, 1.82) is 0 Å². The number of thioether (sulfide) groups is 1. The first-order valence-electron chi connectivity index (χ1n) is 8.27. The maximum atomic E-state index is 12.5. The molecule has 0 atom stereocenters. The van der Waals surface area contributed by atoms with Crippen LogP contribution in [0.1, 0.15) is 36.7 Å². The van der Waals surface area contributed by atoms with Crippen molar-refractivity contribution in [1.82, 2.24) is 9.78 Å². The molecule has 134 valence electrons. The molecule has 0 spiro atoms. The number of carbonyl (C=O) groups is 1. The molecule has 6 heteroatoms. The molecule has 1 aromatic heterocycles. The van der Waals surface area contributed by atoms with Gasteiger partial charge >= 0.3 is 0 Å². The van der Waals surface area contributed by atoms with E-state index in [0.29, 0.717) is 9.71 Å². The summed E-state index contributed by atoms with van der Waals surface area (Å²) in [6.07, 6.45) is 0. The van der Waals surface area contributed by atoms with E-state index in [2.05, 4.69) is 25.9 Å². The fourth-order valence-electron chi connectivity index (χ4n) is 2.42. The van der Waals surface area contributed by atoms with E-state index in [1.807, 2.05) is 54.6 Å². The van der Waals surface area contributed by atoms with Gasteiger partial charge in [0.1, 0.15) is 0 Å². The summed E-state index contributed by atoms with van der Waals surface area (Å²) in [5, 5.41) is 4.53. The van der Waals surface area contributed by atoms with Crippen molar-refractivity contribution >= 4 is 41.1 Å². The van der Waals surface area contributed by atoms with Crippen molar-refractivity contribution in [3.8, 4) is 5.69 Å². The average Bonchev–Trinajstić information content (AvgIpc) is 3.00. The Morgan fingerprint density at radius 1 is 1.12 bits per heavy atom. The molecule has 0 N–H and O–H groups in total. The monoisotopic (exact) mass is 400 g/mol. The maximum Gasteiger partial charge on any atom is 0.184 e. The molecule has 0 bridgehead atoms. The van der Waals surface area contributed by atoms with Gasteiger partial charge in [-0.3, -0.25) is 4.79 Å². The summed E-state index contributed by atoms with van der Waals surface area (Å²) in [5.74, 6) is 0.453. The zero-order valence-corrected chi connectivity index (χ0v) is 17.4. The molecular formula is C20H20N2OS3. The van der Waals surface area contributed by atoms with Gasteiger partial charge in [0.15, 0.2) is 14.1 Å². The SMILES string of the molecule is CC(C)(C)c1ccc(C(=O)CSc2nn(-c3ccccc3)c(=S)s2)cc1. The maximum absolute atomic E-state index is 12.5. The largest absolute Gasteiger partial charge is 0.293 e. The number of hydrogen-bond donors (Lipinski definition) is 0. The second kappa shape index (κ2) is 7.86. The van der Waals surface area contributed by atoms with E-state index >= 15 is 0 Å². The summed E-state index contributed by atoms with van der Waals surface area (Å²) in [7, 11) is 0. The number of ketones is 1. The number of nitrogens with zero attached hydrogens (tertiary/aromatic N) is 2. The first-order valence-corrected chi connectivity index (χ1v) is 10.5. The lowest BCUT2D eigenvalue weighted by Crippen LogP contribution is -2.11. The minimum Gasteiger partial charge on any atom is -0.293 e. The molecule has 0 amide bonds. The van der Waals surface area contributed by atoms with Crippen LogP contribution >= 0.6 is 35.3 Å². The van der Waals surface area contributed by atoms with Crippen LogP contribution in [0.5, 0.6) is 0 Å². The summed E-state index contributed by atoms with van der Waals surface area (Å²) in [5.41, 5.74) is 2.98. The molecule has 0 aliphatic rings. The minimum atomic E-state index is 0.0855. The molecule has 0 saturated heterocycles. The number of Topliss-reactive ketones (excluding diaryl/α,β-unsaturated/α-hetero) is 1.